The first kappa shape index (κ1) is 11.3. The van der Waals surface area contributed by atoms with Crippen molar-refractivity contribution in [2.75, 3.05) is 6.54 Å². The standard InChI is InChI=1S/C14H19NO/c1-10(2)7-15-8-13-5-4-12(11(3)16)6-14(13)9-15/h4-6,10H,7-9H2,1-3H3. The molecule has 0 aromatic heterocycles. The first-order valence-corrected chi connectivity index (χ1v) is 5.91. The fourth-order valence-electron chi connectivity index (χ4n) is 2.33. The smallest absolute Gasteiger partial charge is 0.159 e. The van der Waals surface area contributed by atoms with Crippen LogP contribution in [-0.4, -0.2) is 17.2 Å². The van der Waals surface area contributed by atoms with Crippen molar-refractivity contribution in [3.05, 3.63) is 34.9 Å². The lowest BCUT2D eigenvalue weighted by molar-refractivity contribution is 0.101. The van der Waals surface area contributed by atoms with E-state index in [1.165, 1.54) is 11.1 Å². The zero-order chi connectivity index (χ0) is 11.7. The maximum atomic E-state index is 11.3. The fourth-order valence-corrected chi connectivity index (χ4v) is 2.33. The van der Waals surface area contributed by atoms with E-state index in [4.69, 9.17) is 0 Å². The van der Waals surface area contributed by atoms with Gasteiger partial charge in [-0.05, 0) is 30.0 Å². The van der Waals surface area contributed by atoms with Gasteiger partial charge < -0.3 is 0 Å². The molecule has 2 rings (SSSR count). The van der Waals surface area contributed by atoms with Crippen LogP contribution in [0.5, 0.6) is 0 Å². The highest BCUT2D eigenvalue weighted by atomic mass is 16.1. The summed E-state index contributed by atoms with van der Waals surface area (Å²) in [5.74, 6) is 0.853. The minimum Gasteiger partial charge on any atom is -0.295 e. The number of fused-ring (bicyclic) bond motifs is 1. The summed E-state index contributed by atoms with van der Waals surface area (Å²) < 4.78 is 0. The molecule has 0 radical (unpaired) electrons. The zero-order valence-corrected chi connectivity index (χ0v) is 10.3. The number of nitrogens with zero attached hydrogens (tertiary/aromatic N) is 1. The molecule has 0 spiro atoms. The highest BCUT2D eigenvalue weighted by molar-refractivity contribution is 5.94. The third kappa shape index (κ3) is 2.33. The molecule has 16 heavy (non-hydrogen) atoms. The number of hydrogen-bond acceptors (Lipinski definition) is 2. The van der Waals surface area contributed by atoms with Gasteiger partial charge in [0.15, 0.2) is 5.78 Å². The summed E-state index contributed by atoms with van der Waals surface area (Å²) >= 11 is 0. The van der Waals surface area contributed by atoms with Crippen LogP contribution in [0.2, 0.25) is 0 Å². The third-order valence-corrected chi connectivity index (χ3v) is 3.02. The molecule has 0 saturated heterocycles. The van der Waals surface area contributed by atoms with E-state index in [9.17, 15) is 4.79 Å². The number of ketones is 1. The van der Waals surface area contributed by atoms with Crippen LogP contribution in [0.25, 0.3) is 0 Å². The van der Waals surface area contributed by atoms with Crippen LogP contribution in [0.3, 0.4) is 0 Å². The zero-order valence-electron chi connectivity index (χ0n) is 10.3. The minimum atomic E-state index is 0.158. The van der Waals surface area contributed by atoms with Gasteiger partial charge in [-0.3, -0.25) is 9.69 Å². The van der Waals surface area contributed by atoms with Gasteiger partial charge in [-0.15, -0.1) is 0 Å². The average Bonchev–Trinajstić information content (AvgIpc) is 2.56. The van der Waals surface area contributed by atoms with Crippen molar-refractivity contribution in [1.29, 1.82) is 0 Å². The molecule has 0 saturated carbocycles. The molecule has 0 N–H and O–H groups in total. The SMILES string of the molecule is CC(=O)c1ccc2c(c1)CN(CC(C)C)C2. The Morgan fingerprint density at radius 1 is 1.31 bits per heavy atom. The van der Waals surface area contributed by atoms with Gasteiger partial charge in [-0.2, -0.15) is 0 Å². The Bertz CT molecular complexity index is 409. The highest BCUT2D eigenvalue weighted by Crippen LogP contribution is 2.24. The van der Waals surface area contributed by atoms with Gasteiger partial charge in [0.25, 0.3) is 0 Å². The summed E-state index contributed by atoms with van der Waals surface area (Å²) in [6, 6.07) is 6.10. The normalized spacial score (nSPS) is 15.5. The van der Waals surface area contributed by atoms with Crippen molar-refractivity contribution in [1.82, 2.24) is 4.90 Å². The second kappa shape index (κ2) is 4.38. The van der Waals surface area contributed by atoms with Crippen LogP contribution >= 0.6 is 0 Å². The van der Waals surface area contributed by atoms with E-state index in [1.807, 2.05) is 6.07 Å². The second-order valence-electron chi connectivity index (χ2n) is 5.10. The Kier molecular flexibility index (Phi) is 3.10. The Morgan fingerprint density at radius 3 is 2.62 bits per heavy atom. The number of Topliss-reactive ketones (excluding diaryl/α,β-unsaturated/α-hetero) is 1. The molecule has 1 aliphatic rings. The van der Waals surface area contributed by atoms with E-state index < -0.39 is 0 Å². The lowest BCUT2D eigenvalue weighted by Gasteiger charge is -2.16. The topological polar surface area (TPSA) is 20.3 Å². The van der Waals surface area contributed by atoms with Crippen molar-refractivity contribution < 1.29 is 4.79 Å². The molecule has 2 nitrogen and oxygen atoms in total. The van der Waals surface area contributed by atoms with Gasteiger partial charge in [0.2, 0.25) is 0 Å². The molecule has 0 atom stereocenters. The number of rotatable bonds is 3. The largest absolute Gasteiger partial charge is 0.295 e. The van der Waals surface area contributed by atoms with Crippen molar-refractivity contribution in [2.24, 2.45) is 5.92 Å². The predicted molar refractivity (Wildman–Crippen MR) is 65.4 cm³/mol. The molecule has 1 aromatic carbocycles. The lowest BCUT2D eigenvalue weighted by atomic mass is 10.0. The molecule has 2 heteroatoms. The molecule has 0 bridgehead atoms. The first-order valence-electron chi connectivity index (χ1n) is 5.91. The number of carbonyl (C=O) groups is 1. The molecule has 0 aliphatic carbocycles. The van der Waals surface area contributed by atoms with Crippen LogP contribution in [0.15, 0.2) is 18.2 Å². The van der Waals surface area contributed by atoms with E-state index in [0.29, 0.717) is 5.92 Å². The van der Waals surface area contributed by atoms with Gasteiger partial charge in [0, 0.05) is 25.2 Å². The Balaban J connectivity index is 2.15. The molecule has 86 valence electrons. The molecule has 1 heterocycles. The molecule has 0 unspecified atom stereocenters. The maximum Gasteiger partial charge on any atom is 0.159 e. The quantitative estimate of drug-likeness (QED) is 0.726. The fraction of sp³-hybridized carbons (Fsp3) is 0.500. The van der Waals surface area contributed by atoms with Crippen molar-refractivity contribution >= 4 is 5.78 Å². The van der Waals surface area contributed by atoms with Gasteiger partial charge >= 0.3 is 0 Å². The van der Waals surface area contributed by atoms with Crippen LogP contribution in [-0.2, 0) is 13.1 Å². The van der Waals surface area contributed by atoms with E-state index in [2.05, 4.69) is 30.9 Å². The predicted octanol–water partition coefficient (Wildman–Crippen LogP) is 2.86. The van der Waals surface area contributed by atoms with Gasteiger partial charge in [-0.25, -0.2) is 0 Å². The van der Waals surface area contributed by atoms with Gasteiger partial charge in [0.1, 0.15) is 0 Å². The van der Waals surface area contributed by atoms with E-state index in [1.54, 1.807) is 6.92 Å². The summed E-state index contributed by atoms with van der Waals surface area (Å²) in [6.45, 7) is 9.26. The van der Waals surface area contributed by atoms with Crippen molar-refractivity contribution in [2.45, 2.75) is 33.9 Å². The Morgan fingerprint density at radius 2 is 2.00 bits per heavy atom. The van der Waals surface area contributed by atoms with Crippen LogP contribution in [0.1, 0.15) is 42.3 Å². The van der Waals surface area contributed by atoms with Gasteiger partial charge in [0.05, 0.1) is 0 Å². The van der Waals surface area contributed by atoms with E-state index in [-0.39, 0.29) is 5.78 Å². The molecular weight excluding hydrogens is 198 g/mol. The van der Waals surface area contributed by atoms with E-state index >= 15 is 0 Å². The highest BCUT2D eigenvalue weighted by Gasteiger charge is 2.19. The van der Waals surface area contributed by atoms with Crippen LogP contribution < -0.4 is 0 Å². The van der Waals surface area contributed by atoms with Crippen LogP contribution in [0, 0.1) is 5.92 Å². The molecular formula is C14H19NO. The average molecular weight is 217 g/mol. The minimum absolute atomic E-state index is 0.158. The van der Waals surface area contributed by atoms with Crippen molar-refractivity contribution in [3.8, 4) is 0 Å². The Hall–Kier alpha value is -1.15. The molecule has 0 amide bonds. The number of carbonyl (C=O) groups excluding carboxylic acids is 1. The number of benzene rings is 1. The first-order chi connectivity index (χ1) is 7.56. The summed E-state index contributed by atoms with van der Waals surface area (Å²) in [7, 11) is 0. The summed E-state index contributed by atoms with van der Waals surface area (Å²) in [6.07, 6.45) is 0. The van der Waals surface area contributed by atoms with E-state index in [0.717, 1.165) is 25.2 Å². The second-order valence-corrected chi connectivity index (χ2v) is 5.10. The monoisotopic (exact) mass is 217 g/mol. The van der Waals surface area contributed by atoms with Gasteiger partial charge in [-0.1, -0.05) is 26.0 Å². The summed E-state index contributed by atoms with van der Waals surface area (Å²) in [5.41, 5.74) is 3.55. The van der Waals surface area contributed by atoms with Crippen molar-refractivity contribution in [3.63, 3.8) is 0 Å². The summed E-state index contributed by atoms with van der Waals surface area (Å²) in [4.78, 5) is 13.7. The molecule has 1 aromatic rings. The molecule has 0 fully saturated rings. The third-order valence-electron chi connectivity index (χ3n) is 3.02. The number of hydrogen-bond donors (Lipinski definition) is 0. The van der Waals surface area contributed by atoms with Crippen LogP contribution in [0.4, 0.5) is 0 Å². The Labute approximate surface area is 97.3 Å². The summed E-state index contributed by atoms with van der Waals surface area (Å²) in [5, 5.41) is 0. The molecule has 1 aliphatic heterocycles. The maximum absolute atomic E-state index is 11.3. The lowest BCUT2D eigenvalue weighted by Crippen LogP contribution is -2.21.